The third-order valence-electron chi connectivity index (χ3n) is 12.4. The van der Waals surface area contributed by atoms with Crippen molar-refractivity contribution in [3.8, 4) is 22.5 Å². The number of thiazole rings is 1. The second kappa shape index (κ2) is 18.6. The van der Waals surface area contributed by atoms with Crippen LogP contribution in [0.4, 0.5) is 4.79 Å². The van der Waals surface area contributed by atoms with Gasteiger partial charge in [0.05, 0.1) is 47.5 Å². The van der Waals surface area contributed by atoms with Crippen LogP contribution in [-0.2, 0) is 48.0 Å². The molecule has 17 heteroatoms. The van der Waals surface area contributed by atoms with Gasteiger partial charge in [-0.1, -0.05) is 33.8 Å². The maximum Gasteiger partial charge on any atom is 0.355 e. The number of likely N-dealkylation sites (N-methyl/N-ethyl adjacent to an activating group) is 1. The molecule has 3 N–H and O–H groups in total. The summed E-state index contributed by atoms with van der Waals surface area (Å²) in [5.74, 6) is -2.30. The molecule has 5 atom stereocenters. The van der Waals surface area contributed by atoms with E-state index in [9.17, 15) is 24.3 Å². The molecule has 2 saturated heterocycles. The molecular weight excluding hydrogens is 825 g/mol. The minimum absolute atomic E-state index is 0.00375. The van der Waals surface area contributed by atoms with Crippen molar-refractivity contribution in [2.45, 2.75) is 111 Å². The van der Waals surface area contributed by atoms with E-state index in [1.54, 1.807) is 25.3 Å². The molecule has 0 radical (unpaired) electrons. The molecule has 2 fully saturated rings. The summed E-state index contributed by atoms with van der Waals surface area (Å²) < 4.78 is 19.7. The predicted octanol–water partition coefficient (Wildman–Crippen LogP) is 5.32. The number of nitrogens with zero attached hydrogens (tertiary/aromatic N) is 6. The molecule has 16 nitrogen and oxygen atoms in total. The number of rotatable bonds is 8. The monoisotopic (exact) mass is 886 g/mol. The van der Waals surface area contributed by atoms with Crippen LogP contribution in [0.1, 0.15) is 83.7 Å². The van der Waals surface area contributed by atoms with Crippen molar-refractivity contribution in [1.29, 1.82) is 0 Å². The zero-order valence-electron chi connectivity index (χ0n) is 37.9. The first-order valence-corrected chi connectivity index (χ1v) is 22.8. The largest absolute Gasteiger partial charge is 0.462 e. The Labute approximate surface area is 373 Å². The number of benzene rings is 1. The Morgan fingerprint density at radius 2 is 1.95 bits per heavy atom. The quantitative estimate of drug-likeness (QED) is 0.195. The van der Waals surface area contributed by atoms with E-state index in [1.165, 1.54) is 21.2 Å². The lowest BCUT2D eigenvalue weighted by atomic mass is 9.84. The van der Waals surface area contributed by atoms with Gasteiger partial charge in [-0.2, -0.15) is 5.43 Å². The van der Waals surface area contributed by atoms with Gasteiger partial charge in [-0.05, 0) is 69.4 Å². The van der Waals surface area contributed by atoms with E-state index in [-0.39, 0.29) is 56.6 Å². The van der Waals surface area contributed by atoms with Crippen LogP contribution in [0.3, 0.4) is 0 Å². The number of urea groups is 1. The summed E-state index contributed by atoms with van der Waals surface area (Å²) in [7, 11) is 3.27. The number of carbonyl (C=O) groups is 4. The van der Waals surface area contributed by atoms with E-state index >= 15 is 0 Å². The number of cyclic esters (lactones) is 1. The van der Waals surface area contributed by atoms with E-state index in [1.807, 2.05) is 59.1 Å². The Morgan fingerprint density at radius 3 is 2.67 bits per heavy atom. The highest BCUT2D eigenvalue weighted by Crippen LogP contribution is 2.42. The number of aromatic nitrogens is 3. The Bertz CT molecular complexity index is 2340. The fourth-order valence-electron chi connectivity index (χ4n) is 9.12. The standard InChI is InChI=1S/C46H62N8O8S/c1-10-53-36-15-14-30-21-32(36)33(40(53)31-13-11-17-47-38(31)29(5)60-9)23-45(6,7)26-62-43(57)46(59)16-12-18-54(50-46)42(56)34(22-37-48-35(30)25-63-37)49-41(55)39(27(2)3)51(8)44(58)52-19-20-61-28(4)24-52/h11,13-15,17,21,25,27-29,34,39,50,59H,10,12,16,18-20,22-24,26H2,1-9H3,(H,49,55)/t28-,29-,34-,39-,46-/m0/s1. The molecule has 1 aromatic carbocycles. The molecule has 6 heterocycles. The fourth-order valence-corrected chi connectivity index (χ4v) is 9.97. The van der Waals surface area contributed by atoms with Gasteiger partial charge in [-0.3, -0.25) is 19.6 Å². The van der Waals surface area contributed by atoms with Gasteiger partial charge in [0.15, 0.2) is 0 Å². The number of carbonyl (C=O) groups excluding carboxylic acids is 4. The van der Waals surface area contributed by atoms with E-state index in [0.717, 1.165) is 39.0 Å². The SMILES string of the molecule is CCn1c(-c2cccnc2[C@H](C)OC)c2c3cc(ccc31)-c1csc(n1)C[C@H](NC(=O)[C@H](C(C)C)N(C)C(=O)N1CCO[C@@H](C)C1)C(=O)N1CCC[C@@](O)(N1)C(=O)OCC(C)(C)C2. The molecule has 4 amide bonds. The zero-order chi connectivity index (χ0) is 45.4. The van der Waals surface area contributed by atoms with Crippen LogP contribution in [0.5, 0.6) is 0 Å². The number of pyridine rings is 1. The van der Waals surface area contributed by atoms with Gasteiger partial charge in [0.25, 0.3) is 5.91 Å². The minimum atomic E-state index is -2.21. The summed E-state index contributed by atoms with van der Waals surface area (Å²) in [6, 6.07) is 7.88. The molecule has 7 rings (SSSR count). The van der Waals surface area contributed by atoms with Crippen LogP contribution in [0.2, 0.25) is 0 Å². The van der Waals surface area contributed by atoms with Crippen molar-refractivity contribution in [2.75, 3.05) is 47.0 Å². The van der Waals surface area contributed by atoms with Crippen molar-refractivity contribution in [1.82, 2.24) is 40.1 Å². The Kier molecular flexibility index (Phi) is 13.6. The maximum absolute atomic E-state index is 14.6. The summed E-state index contributed by atoms with van der Waals surface area (Å²) >= 11 is 1.37. The van der Waals surface area contributed by atoms with Gasteiger partial charge in [-0.15, -0.1) is 11.3 Å². The number of morpholine rings is 1. The number of fused-ring (bicyclic) bond motifs is 6. The Hall–Kier alpha value is -4.94. The molecule has 0 unspecified atom stereocenters. The third-order valence-corrected chi connectivity index (χ3v) is 13.3. The van der Waals surface area contributed by atoms with Crippen molar-refractivity contribution >= 4 is 46.1 Å². The van der Waals surface area contributed by atoms with Crippen LogP contribution in [0, 0.1) is 11.3 Å². The Morgan fingerprint density at radius 1 is 1.17 bits per heavy atom. The van der Waals surface area contributed by atoms with Gasteiger partial charge in [0.2, 0.25) is 11.6 Å². The number of methoxy groups -OCH3 is 1. The first kappa shape index (κ1) is 46.1. The number of hydrazine groups is 1. The zero-order valence-corrected chi connectivity index (χ0v) is 38.7. The first-order valence-electron chi connectivity index (χ1n) is 22.0. The summed E-state index contributed by atoms with van der Waals surface area (Å²) in [5, 5.41) is 19.5. The molecule has 3 aliphatic rings. The normalized spacial score (nSPS) is 23.0. The van der Waals surface area contributed by atoms with Gasteiger partial charge < -0.3 is 39.0 Å². The number of hydrogen-bond donors (Lipinski definition) is 3. The molecule has 0 spiro atoms. The highest BCUT2D eigenvalue weighted by molar-refractivity contribution is 7.10. The summed E-state index contributed by atoms with van der Waals surface area (Å²) in [6.45, 7) is 15.7. The van der Waals surface area contributed by atoms with E-state index in [2.05, 4.69) is 40.4 Å². The number of nitrogens with one attached hydrogen (secondary N) is 2. The molecule has 3 aliphatic heterocycles. The van der Waals surface area contributed by atoms with Crippen molar-refractivity contribution in [2.24, 2.45) is 11.3 Å². The lowest BCUT2D eigenvalue weighted by Gasteiger charge is -2.40. The number of ether oxygens (including phenoxy) is 3. The lowest BCUT2D eigenvalue weighted by Crippen LogP contribution is -2.67. The second-order valence-electron chi connectivity index (χ2n) is 18.2. The average molecular weight is 887 g/mol. The van der Waals surface area contributed by atoms with Gasteiger partial charge in [0, 0.05) is 92.2 Å². The average Bonchev–Trinajstić information content (AvgIpc) is 3.85. The van der Waals surface area contributed by atoms with Crippen molar-refractivity contribution in [3.63, 3.8) is 0 Å². The highest BCUT2D eigenvalue weighted by Gasteiger charge is 2.46. The van der Waals surface area contributed by atoms with E-state index < -0.39 is 41.0 Å². The Balaban J connectivity index is 1.30. The van der Waals surface area contributed by atoms with Gasteiger partial charge in [0.1, 0.15) is 12.1 Å². The smallest absolute Gasteiger partial charge is 0.355 e. The first-order chi connectivity index (χ1) is 29.9. The molecule has 63 heavy (non-hydrogen) atoms. The number of aliphatic hydroxyl groups is 1. The summed E-state index contributed by atoms with van der Waals surface area (Å²) in [4.78, 5) is 69.5. The molecule has 4 aromatic rings. The van der Waals surface area contributed by atoms with E-state index in [0.29, 0.717) is 43.4 Å². The van der Waals surface area contributed by atoms with Crippen LogP contribution < -0.4 is 10.7 Å². The van der Waals surface area contributed by atoms with Crippen LogP contribution in [0.25, 0.3) is 33.4 Å². The second-order valence-corrected chi connectivity index (χ2v) is 19.1. The molecule has 6 bridgehead atoms. The molecule has 0 aliphatic carbocycles. The maximum atomic E-state index is 14.6. The predicted molar refractivity (Wildman–Crippen MR) is 239 cm³/mol. The van der Waals surface area contributed by atoms with Crippen LogP contribution >= 0.6 is 11.3 Å². The molecule has 340 valence electrons. The number of aryl methyl sites for hydroxylation is 1. The molecule has 3 aromatic heterocycles. The summed E-state index contributed by atoms with van der Waals surface area (Å²) in [6.07, 6.45) is 2.15. The number of amides is 4. The minimum Gasteiger partial charge on any atom is -0.462 e. The van der Waals surface area contributed by atoms with Gasteiger partial charge in [-0.25, -0.2) is 14.6 Å². The van der Waals surface area contributed by atoms with Crippen molar-refractivity contribution in [3.05, 3.63) is 58.2 Å². The van der Waals surface area contributed by atoms with Crippen LogP contribution in [0.15, 0.2) is 41.9 Å². The third kappa shape index (κ3) is 9.48. The van der Waals surface area contributed by atoms with E-state index in [4.69, 9.17) is 24.2 Å². The lowest BCUT2D eigenvalue weighted by molar-refractivity contribution is -0.189. The summed E-state index contributed by atoms with van der Waals surface area (Å²) in [5.41, 5.74) is 6.34. The fraction of sp³-hybridized carbons (Fsp3) is 0.565. The molecular formula is C46H62N8O8S. The molecule has 0 saturated carbocycles. The van der Waals surface area contributed by atoms with Gasteiger partial charge >= 0.3 is 12.0 Å². The number of hydrogen-bond acceptors (Lipinski definition) is 12. The number of esters is 1. The topological polar surface area (TPSA) is 181 Å². The van der Waals surface area contributed by atoms with Crippen LogP contribution in [-0.4, -0.2) is 129 Å². The van der Waals surface area contributed by atoms with Crippen molar-refractivity contribution < 1.29 is 38.5 Å². The highest BCUT2D eigenvalue weighted by atomic mass is 32.1.